The molecule has 0 bridgehead atoms. The van der Waals surface area contributed by atoms with Gasteiger partial charge < -0.3 is 0 Å². The van der Waals surface area contributed by atoms with E-state index < -0.39 is 17.6 Å². The Morgan fingerprint density at radius 2 is 1.88 bits per heavy atom. The van der Waals surface area contributed by atoms with Gasteiger partial charge in [0.25, 0.3) is 0 Å². The fraction of sp³-hybridized carbons (Fsp3) is 0.381. The predicted molar refractivity (Wildman–Crippen MR) is 101 cm³/mol. The van der Waals surface area contributed by atoms with E-state index in [1.807, 2.05) is 61.5 Å². The SMILES string of the molecule is CC[C@@H](O)c1ccccc1[Se]C[C@]1(c2ccccc2)C[C@@H](CO)C(=O)O1. The zero-order valence-corrected chi connectivity index (χ0v) is 16.5. The van der Waals surface area contributed by atoms with Crippen LogP contribution in [-0.4, -0.2) is 37.7 Å². The van der Waals surface area contributed by atoms with Crippen LogP contribution in [-0.2, 0) is 15.1 Å². The summed E-state index contributed by atoms with van der Waals surface area (Å²) in [5, 5.41) is 20.5. The molecule has 0 unspecified atom stereocenters. The number of aliphatic hydroxyl groups is 2. The molecule has 0 aromatic heterocycles. The summed E-state index contributed by atoms with van der Waals surface area (Å²) in [5.74, 6) is -0.795. The fourth-order valence-electron chi connectivity index (χ4n) is 3.33. The van der Waals surface area contributed by atoms with Gasteiger partial charge in [0.05, 0.1) is 0 Å². The molecule has 3 atom stereocenters. The van der Waals surface area contributed by atoms with Gasteiger partial charge in [-0.25, -0.2) is 0 Å². The molecule has 1 saturated heterocycles. The van der Waals surface area contributed by atoms with Crippen molar-refractivity contribution < 1.29 is 19.7 Å². The molecule has 0 radical (unpaired) electrons. The van der Waals surface area contributed by atoms with E-state index in [0.29, 0.717) is 18.2 Å². The third-order valence-electron chi connectivity index (χ3n) is 4.85. The van der Waals surface area contributed by atoms with Gasteiger partial charge in [0, 0.05) is 0 Å². The van der Waals surface area contributed by atoms with Crippen LogP contribution in [0.3, 0.4) is 0 Å². The third-order valence-corrected chi connectivity index (χ3v) is 7.56. The van der Waals surface area contributed by atoms with Gasteiger partial charge in [0.15, 0.2) is 0 Å². The van der Waals surface area contributed by atoms with Crippen molar-refractivity contribution in [3.8, 4) is 0 Å². The van der Waals surface area contributed by atoms with Crippen LogP contribution in [0, 0.1) is 5.92 Å². The summed E-state index contributed by atoms with van der Waals surface area (Å²) in [6, 6.07) is 17.7. The van der Waals surface area contributed by atoms with Gasteiger partial charge in [-0.1, -0.05) is 0 Å². The van der Waals surface area contributed by atoms with E-state index in [1.54, 1.807) is 0 Å². The number of ether oxygens (including phenoxy) is 1. The van der Waals surface area contributed by atoms with Gasteiger partial charge in [-0.2, -0.15) is 0 Å². The second kappa shape index (κ2) is 8.36. The molecular weight excluding hydrogens is 395 g/mol. The van der Waals surface area contributed by atoms with E-state index >= 15 is 0 Å². The van der Waals surface area contributed by atoms with Crippen LogP contribution in [0.25, 0.3) is 0 Å². The summed E-state index contributed by atoms with van der Waals surface area (Å²) in [7, 11) is 0. The fourth-order valence-corrected chi connectivity index (χ4v) is 6.01. The summed E-state index contributed by atoms with van der Waals surface area (Å²) >= 11 is 0.0210. The Labute approximate surface area is 160 Å². The second-order valence-corrected chi connectivity index (χ2v) is 8.75. The molecule has 2 aromatic rings. The number of rotatable bonds is 7. The first-order valence-corrected chi connectivity index (χ1v) is 11.0. The monoisotopic (exact) mass is 420 g/mol. The van der Waals surface area contributed by atoms with Crippen molar-refractivity contribution in [3.05, 3.63) is 65.7 Å². The van der Waals surface area contributed by atoms with Gasteiger partial charge >= 0.3 is 160 Å². The molecule has 1 aliphatic rings. The van der Waals surface area contributed by atoms with Crippen molar-refractivity contribution in [3.63, 3.8) is 0 Å². The zero-order valence-electron chi connectivity index (χ0n) is 14.8. The van der Waals surface area contributed by atoms with Crippen LogP contribution < -0.4 is 4.46 Å². The Balaban J connectivity index is 1.88. The number of aliphatic hydroxyl groups excluding tert-OH is 2. The van der Waals surface area contributed by atoms with Crippen LogP contribution in [0.5, 0.6) is 0 Å². The molecular formula is C21H24O4Se. The average Bonchev–Trinajstić information content (AvgIpc) is 3.03. The van der Waals surface area contributed by atoms with Crippen LogP contribution in [0.15, 0.2) is 54.6 Å². The van der Waals surface area contributed by atoms with E-state index in [-0.39, 0.29) is 27.5 Å². The zero-order chi connectivity index (χ0) is 18.6. The van der Waals surface area contributed by atoms with Crippen molar-refractivity contribution in [1.82, 2.24) is 0 Å². The van der Waals surface area contributed by atoms with E-state index in [4.69, 9.17) is 4.74 Å². The molecule has 4 nitrogen and oxygen atoms in total. The predicted octanol–water partition coefficient (Wildman–Crippen LogP) is 2.33. The average molecular weight is 419 g/mol. The molecule has 1 aliphatic heterocycles. The second-order valence-electron chi connectivity index (χ2n) is 6.62. The van der Waals surface area contributed by atoms with Crippen molar-refractivity contribution in [2.75, 3.05) is 6.61 Å². The van der Waals surface area contributed by atoms with Crippen LogP contribution in [0.2, 0.25) is 5.32 Å². The summed E-state index contributed by atoms with van der Waals surface area (Å²) in [6.45, 7) is 1.77. The minimum atomic E-state index is -0.698. The Morgan fingerprint density at radius 3 is 2.54 bits per heavy atom. The molecule has 0 aliphatic carbocycles. The standard InChI is InChI=1S/C21H24O4Se/c1-2-18(23)17-10-6-7-11-19(17)26-14-21(16-8-4-3-5-9-16)12-15(13-22)20(24)25-21/h3-11,15,18,22-23H,2,12-14H2,1H3/t15-,18+,21-/m0/s1. The summed E-state index contributed by atoms with van der Waals surface area (Å²) in [5.41, 5.74) is 1.23. The minimum absolute atomic E-state index is 0.0210. The summed E-state index contributed by atoms with van der Waals surface area (Å²) in [6.07, 6.45) is 0.683. The van der Waals surface area contributed by atoms with Crippen molar-refractivity contribution in [1.29, 1.82) is 0 Å². The van der Waals surface area contributed by atoms with Crippen molar-refractivity contribution in [2.45, 2.75) is 36.8 Å². The first-order valence-electron chi connectivity index (χ1n) is 8.88. The first-order chi connectivity index (χ1) is 12.6. The Bertz CT molecular complexity index is 749. The van der Waals surface area contributed by atoms with E-state index in [0.717, 1.165) is 15.6 Å². The maximum atomic E-state index is 12.2. The third kappa shape index (κ3) is 3.86. The van der Waals surface area contributed by atoms with Crippen LogP contribution in [0.4, 0.5) is 0 Å². The Hall–Kier alpha value is -1.65. The van der Waals surface area contributed by atoms with Gasteiger partial charge in [-0.05, 0) is 0 Å². The van der Waals surface area contributed by atoms with Crippen LogP contribution >= 0.6 is 0 Å². The van der Waals surface area contributed by atoms with Crippen molar-refractivity contribution in [2.24, 2.45) is 5.92 Å². The van der Waals surface area contributed by atoms with Crippen LogP contribution in [0.1, 0.15) is 37.0 Å². The number of hydrogen-bond acceptors (Lipinski definition) is 4. The molecule has 3 rings (SSSR count). The molecule has 5 heteroatoms. The number of carbonyl (C=O) groups is 1. The van der Waals surface area contributed by atoms with Crippen molar-refractivity contribution >= 4 is 25.4 Å². The van der Waals surface area contributed by atoms with Gasteiger partial charge in [-0.3, -0.25) is 0 Å². The Morgan fingerprint density at radius 1 is 1.19 bits per heavy atom. The summed E-state index contributed by atoms with van der Waals surface area (Å²) in [4.78, 5) is 12.2. The molecule has 2 N–H and O–H groups in total. The molecule has 2 aromatic carbocycles. The Kier molecular flexibility index (Phi) is 6.15. The molecule has 0 spiro atoms. The summed E-state index contributed by atoms with van der Waals surface area (Å²) < 4.78 is 6.97. The van der Waals surface area contributed by atoms with Gasteiger partial charge in [0.2, 0.25) is 0 Å². The molecule has 0 amide bonds. The van der Waals surface area contributed by atoms with E-state index in [2.05, 4.69) is 0 Å². The van der Waals surface area contributed by atoms with Gasteiger partial charge in [-0.15, -0.1) is 0 Å². The van der Waals surface area contributed by atoms with E-state index in [9.17, 15) is 15.0 Å². The first kappa shape index (κ1) is 19.1. The topological polar surface area (TPSA) is 66.8 Å². The molecule has 1 heterocycles. The number of cyclic esters (lactones) is 1. The number of benzene rings is 2. The van der Waals surface area contributed by atoms with Gasteiger partial charge in [0.1, 0.15) is 0 Å². The van der Waals surface area contributed by atoms with E-state index in [1.165, 1.54) is 0 Å². The maximum absolute atomic E-state index is 12.2. The molecule has 1 fully saturated rings. The number of carbonyl (C=O) groups excluding carboxylic acids is 1. The number of esters is 1. The number of hydrogen-bond donors (Lipinski definition) is 2. The molecule has 138 valence electrons. The quantitative estimate of drug-likeness (QED) is 0.534. The molecule has 26 heavy (non-hydrogen) atoms. The molecule has 0 saturated carbocycles. The normalized spacial score (nSPS) is 23.7.